The van der Waals surface area contributed by atoms with Crippen molar-refractivity contribution in [3.63, 3.8) is 0 Å². The molecule has 112 valence electrons. The minimum absolute atomic E-state index is 0.130. The molecular weight excluding hydrogens is 298 g/mol. The fraction of sp³-hybridized carbons (Fsp3) is 0.571. The van der Waals surface area contributed by atoms with E-state index in [0.717, 1.165) is 19.3 Å². The summed E-state index contributed by atoms with van der Waals surface area (Å²) in [4.78, 5) is 0.319. The quantitative estimate of drug-likeness (QED) is 0.726. The van der Waals surface area contributed by atoms with Crippen LogP contribution in [0.25, 0.3) is 0 Å². The first-order valence-electron chi connectivity index (χ1n) is 6.81. The van der Waals surface area contributed by atoms with E-state index < -0.39 is 10.0 Å². The van der Waals surface area contributed by atoms with Crippen molar-refractivity contribution in [1.29, 1.82) is 0 Å². The van der Waals surface area contributed by atoms with Crippen molar-refractivity contribution in [3.05, 3.63) is 24.3 Å². The normalized spacial score (nSPS) is 16.1. The van der Waals surface area contributed by atoms with Gasteiger partial charge in [0.25, 0.3) is 0 Å². The predicted molar refractivity (Wildman–Crippen MR) is 79.9 cm³/mol. The van der Waals surface area contributed by atoms with Gasteiger partial charge in [0.1, 0.15) is 5.75 Å². The highest BCUT2D eigenvalue weighted by molar-refractivity contribution is 7.89. The molecular formula is C14H20ClNO3S. The van der Waals surface area contributed by atoms with Gasteiger partial charge in [-0.05, 0) is 43.5 Å². The summed E-state index contributed by atoms with van der Waals surface area (Å²) in [5, 5.41) is 0. The van der Waals surface area contributed by atoms with Gasteiger partial charge >= 0.3 is 0 Å². The second-order valence-corrected chi connectivity index (χ2v) is 7.19. The average Bonchev–Trinajstić information content (AvgIpc) is 2.41. The van der Waals surface area contributed by atoms with Crippen molar-refractivity contribution in [2.24, 2.45) is 0 Å². The number of alkyl halides is 1. The zero-order valence-electron chi connectivity index (χ0n) is 11.6. The Morgan fingerprint density at radius 1 is 1.30 bits per heavy atom. The molecule has 0 radical (unpaired) electrons. The molecule has 0 saturated heterocycles. The highest BCUT2D eigenvalue weighted by Crippen LogP contribution is 2.30. The van der Waals surface area contributed by atoms with Crippen molar-refractivity contribution in [3.8, 4) is 5.75 Å². The summed E-state index contributed by atoms with van der Waals surface area (Å²) in [5.41, 5.74) is 0. The second-order valence-electron chi connectivity index (χ2n) is 4.92. The van der Waals surface area contributed by atoms with Crippen LogP contribution in [-0.4, -0.2) is 38.3 Å². The van der Waals surface area contributed by atoms with E-state index in [2.05, 4.69) is 0 Å². The highest BCUT2D eigenvalue weighted by Gasteiger charge is 2.34. The Labute approximate surface area is 125 Å². The van der Waals surface area contributed by atoms with Crippen LogP contribution in [0.5, 0.6) is 5.75 Å². The van der Waals surface area contributed by atoms with Crippen LogP contribution < -0.4 is 4.74 Å². The van der Waals surface area contributed by atoms with Crippen molar-refractivity contribution >= 4 is 21.6 Å². The van der Waals surface area contributed by atoms with Gasteiger partial charge in [-0.1, -0.05) is 6.42 Å². The van der Waals surface area contributed by atoms with E-state index >= 15 is 0 Å². The lowest BCUT2D eigenvalue weighted by molar-refractivity contribution is 0.220. The van der Waals surface area contributed by atoms with E-state index in [1.807, 2.05) is 0 Å². The smallest absolute Gasteiger partial charge is 0.243 e. The highest BCUT2D eigenvalue weighted by atomic mass is 35.5. The number of halogens is 1. The van der Waals surface area contributed by atoms with Gasteiger partial charge in [-0.2, -0.15) is 4.31 Å². The second kappa shape index (κ2) is 6.78. The van der Waals surface area contributed by atoms with Crippen LogP contribution in [0.4, 0.5) is 0 Å². The van der Waals surface area contributed by atoms with Gasteiger partial charge in [0, 0.05) is 18.5 Å². The number of ether oxygens (including phenoxy) is 1. The van der Waals surface area contributed by atoms with Crippen molar-refractivity contribution in [2.75, 3.05) is 19.5 Å². The van der Waals surface area contributed by atoms with E-state index in [0.29, 0.717) is 29.5 Å². The number of methoxy groups -OCH3 is 1. The molecule has 0 bridgehead atoms. The molecule has 1 saturated carbocycles. The van der Waals surface area contributed by atoms with Gasteiger partial charge < -0.3 is 4.74 Å². The van der Waals surface area contributed by atoms with Crippen molar-refractivity contribution < 1.29 is 13.2 Å². The molecule has 0 amide bonds. The first kappa shape index (κ1) is 15.6. The van der Waals surface area contributed by atoms with E-state index in [9.17, 15) is 8.42 Å². The minimum Gasteiger partial charge on any atom is -0.497 e. The number of hydrogen-bond acceptors (Lipinski definition) is 3. The largest absolute Gasteiger partial charge is 0.497 e. The number of benzene rings is 1. The Balaban J connectivity index is 2.23. The zero-order valence-corrected chi connectivity index (χ0v) is 13.2. The summed E-state index contributed by atoms with van der Waals surface area (Å²) >= 11 is 5.71. The SMILES string of the molecule is COc1ccc(S(=O)(=O)N(CCCCl)C2CCC2)cc1. The van der Waals surface area contributed by atoms with Crippen LogP contribution in [0.3, 0.4) is 0 Å². The van der Waals surface area contributed by atoms with E-state index in [4.69, 9.17) is 16.3 Å². The summed E-state index contributed by atoms with van der Waals surface area (Å²) in [6, 6.07) is 6.67. The zero-order chi connectivity index (χ0) is 14.6. The molecule has 0 N–H and O–H groups in total. The molecule has 0 spiro atoms. The fourth-order valence-corrected chi connectivity index (χ4v) is 4.12. The van der Waals surface area contributed by atoms with Gasteiger partial charge in [0.15, 0.2) is 0 Å². The Morgan fingerprint density at radius 2 is 1.95 bits per heavy atom. The third-order valence-electron chi connectivity index (χ3n) is 3.66. The van der Waals surface area contributed by atoms with Gasteiger partial charge in [-0.25, -0.2) is 8.42 Å². The molecule has 1 fully saturated rings. The molecule has 0 aliphatic heterocycles. The Hall–Kier alpha value is -0.780. The molecule has 0 aromatic heterocycles. The van der Waals surface area contributed by atoms with Crippen LogP contribution in [0, 0.1) is 0 Å². The molecule has 1 aromatic rings. The summed E-state index contributed by atoms with van der Waals surface area (Å²) in [6.45, 7) is 0.489. The van der Waals surface area contributed by atoms with Crippen LogP contribution >= 0.6 is 11.6 Å². The molecule has 4 nitrogen and oxygen atoms in total. The van der Waals surface area contributed by atoms with Gasteiger partial charge in [-0.15, -0.1) is 11.6 Å². The molecule has 0 atom stereocenters. The number of rotatable bonds is 7. The molecule has 0 heterocycles. The third-order valence-corrected chi connectivity index (χ3v) is 5.89. The molecule has 6 heteroatoms. The first-order chi connectivity index (χ1) is 9.59. The number of hydrogen-bond donors (Lipinski definition) is 0. The van der Waals surface area contributed by atoms with E-state index in [1.54, 1.807) is 35.7 Å². The fourth-order valence-electron chi connectivity index (χ4n) is 2.27. The summed E-state index contributed by atoms with van der Waals surface area (Å²) < 4.78 is 32.1. The number of sulfonamides is 1. The Bertz CT molecular complexity index is 526. The molecule has 1 aromatic carbocycles. The van der Waals surface area contributed by atoms with Crippen LogP contribution in [0.1, 0.15) is 25.7 Å². The monoisotopic (exact) mass is 317 g/mol. The lowest BCUT2D eigenvalue weighted by Gasteiger charge is -2.36. The third kappa shape index (κ3) is 3.27. The maximum absolute atomic E-state index is 12.7. The lowest BCUT2D eigenvalue weighted by Crippen LogP contribution is -2.44. The lowest BCUT2D eigenvalue weighted by atomic mass is 9.93. The molecule has 20 heavy (non-hydrogen) atoms. The molecule has 1 aliphatic rings. The Kier molecular flexibility index (Phi) is 5.29. The van der Waals surface area contributed by atoms with Crippen molar-refractivity contribution in [1.82, 2.24) is 4.31 Å². The molecule has 1 aliphatic carbocycles. The summed E-state index contributed by atoms with van der Waals surface area (Å²) in [6.07, 6.45) is 3.66. The van der Waals surface area contributed by atoms with E-state index in [-0.39, 0.29) is 6.04 Å². The molecule has 2 rings (SSSR count). The van der Waals surface area contributed by atoms with Gasteiger partial charge in [-0.3, -0.25) is 0 Å². The van der Waals surface area contributed by atoms with Crippen LogP contribution in [-0.2, 0) is 10.0 Å². The first-order valence-corrected chi connectivity index (χ1v) is 8.79. The maximum Gasteiger partial charge on any atom is 0.243 e. The van der Waals surface area contributed by atoms with Crippen LogP contribution in [0.15, 0.2) is 29.2 Å². The maximum atomic E-state index is 12.7. The number of nitrogens with zero attached hydrogens (tertiary/aromatic N) is 1. The Morgan fingerprint density at radius 3 is 2.40 bits per heavy atom. The summed E-state index contributed by atoms with van der Waals surface area (Å²) in [7, 11) is -1.88. The van der Waals surface area contributed by atoms with Crippen molar-refractivity contribution in [2.45, 2.75) is 36.6 Å². The van der Waals surface area contributed by atoms with Crippen LogP contribution in [0.2, 0.25) is 0 Å². The average molecular weight is 318 g/mol. The standard InChI is InChI=1S/C14H20ClNO3S/c1-19-13-6-8-14(9-7-13)20(17,18)16(11-3-10-15)12-4-2-5-12/h6-9,12H,2-5,10-11H2,1H3. The van der Waals surface area contributed by atoms with Gasteiger partial charge in [0.2, 0.25) is 10.0 Å². The predicted octanol–water partition coefficient (Wildman–Crippen LogP) is 2.87. The molecule has 0 unspecified atom stereocenters. The minimum atomic E-state index is -3.44. The van der Waals surface area contributed by atoms with E-state index in [1.165, 1.54) is 0 Å². The van der Waals surface area contributed by atoms with Gasteiger partial charge in [0.05, 0.1) is 12.0 Å². The topological polar surface area (TPSA) is 46.6 Å². The summed E-state index contributed by atoms with van der Waals surface area (Å²) in [5.74, 6) is 1.13.